The monoisotopic (exact) mass is 1120 g/mol. The summed E-state index contributed by atoms with van der Waals surface area (Å²) in [6.45, 7) is 12.8. The van der Waals surface area contributed by atoms with Gasteiger partial charge in [0, 0.05) is 81.6 Å². The van der Waals surface area contributed by atoms with E-state index < -0.39 is 0 Å². The Bertz CT molecular complexity index is 3720. The summed E-state index contributed by atoms with van der Waals surface area (Å²) >= 11 is 5.76. The quantitative estimate of drug-likeness (QED) is 0.0986. The average molecular weight is 1120 g/mol. The summed E-state index contributed by atoms with van der Waals surface area (Å²) in [4.78, 5) is 69.7. The molecule has 19 nitrogen and oxygen atoms in total. The van der Waals surface area contributed by atoms with Crippen LogP contribution in [0.25, 0.3) is 33.7 Å². The van der Waals surface area contributed by atoms with Crippen molar-refractivity contribution in [2.24, 2.45) is 0 Å². The maximum atomic E-state index is 13.1. The second-order valence-electron chi connectivity index (χ2n) is 20.4. The highest BCUT2D eigenvalue weighted by Crippen LogP contribution is 2.25. The predicted molar refractivity (Wildman–Crippen MR) is 323 cm³/mol. The van der Waals surface area contributed by atoms with E-state index >= 15 is 0 Å². The van der Waals surface area contributed by atoms with Crippen LogP contribution in [0.3, 0.4) is 0 Å². The van der Waals surface area contributed by atoms with E-state index in [0.717, 1.165) is 74.4 Å². The highest BCUT2D eigenvalue weighted by atomic mass is 35.5. The number of imidazole rings is 2. The van der Waals surface area contributed by atoms with Gasteiger partial charge in [-0.25, -0.2) is 24.9 Å². The van der Waals surface area contributed by atoms with Gasteiger partial charge in [-0.05, 0) is 88.0 Å². The van der Waals surface area contributed by atoms with Crippen LogP contribution in [0.2, 0.25) is 5.15 Å². The minimum absolute atomic E-state index is 0.0518. The number of benzene rings is 5. The molecule has 2 saturated heterocycles. The number of hydrogen-bond donors (Lipinski definition) is 3. The first-order valence-corrected chi connectivity index (χ1v) is 27.8. The third kappa shape index (κ3) is 14.0. The normalized spacial score (nSPS) is 14.9. The van der Waals surface area contributed by atoms with Crippen LogP contribution in [0.5, 0.6) is 0 Å². The Morgan fingerprint density at radius 2 is 0.854 bits per heavy atom. The summed E-state index contributed by atoms with van der Waals surface area (Å²) in [5.74, 6) is 3.47. The SMILES string of the molecule is C[C@H](Nc1cncc(-n2cnc3cc(C(=O)N4CCN(C)CC4)ccc32)n1)c1ccccc1.C[C@H](Nc1cncc(-n2cnc3ccc(C(=O)N4CCN(C)CC4)cc32)n1)c1ccccc1.C[C@H](Nc1cncc(Cl)n1)c1ccccc1. The molecule has 2 aliphatic rings. The first-order chi connectivity index (χ1) is 39.9. The summed E-state index contributed by atoms with van der Waals surface area (Å²) in [5.41, 5.74) is 8.15. The molecular weight excluding hydrogens is 1050 g/mol. The highest BCUT2D eigenvalue weighted by Gasteiger charge is 2.23. The van der Waals surface area contributed by atoms with Gasteiger partial charge < -0.3 is 35.6 Å². The Morgan fingerprint density at radius 1 is 0.451 bits per heavy atom. The molecule has 0 spiro atoms. The molecule has 10 aromatic rings. The first-order valence-electron chi connectivity index (χ1n) is 27.4. The lowest BCUT2D eigenvalue weighted by atomic mass is 10.1. The van der Waals surface area contributed by atoms with Crippen LogP contribution in [-0.4, -0.2) is 147 Å². The van der Waals surface area contributed by atoms with Crippen molar-refractivity contribution < 1.29 is 9.59 Å². The topological polar surface area (TPSA) is 196 Å². The van der Waals surface area contributed by atoms with Gasteiger partial charge in [-0.15, -0.1) is 0 Å². The summed E-state index contributed by atoms with van der Waals surface area (Å²) in [7, 11) is 4.16. The second kappa shape index (κ2) is 26.4. The number of carbonyl (C=O) groups is 2. The second-order valence-corrected chi connectivity index (χ2v) is 20.8. The fourth-order valence-electron chi connectivity index (χ4n) is 9.67. The van der Waals surface area contributed by atoms with Crippen LogP contribution in [-0.2, 0) is 0 Å². The molecule has 0 saturated carbocycles. The average Bonchev–Trinajstić information content (AvgIpc) is 4.18. The number of fused-ring (bicyclic) bond motifs is 2. The van der Waals surface area contributed by atoms with Crippen LogP contribution in [0.1, 0.15) is 76.3 Å². The Morgan fingerprint density at radius 3 is 1.32 bits per heavy atom. The Kier molecular flexibility index (Phi) is 18.1. The number of halogens is 1. The van der Waals surface area contributed by atoms with E-state index in [-0.39, 0.29) is 29.9 Å². The van der Waals surface area contributed by atoms with Crippen LogP contribution >= 0.6 is 11.6 Å². The van der Waals surface area contributed by atoms with Crippen LogP contribution in [0.15, 0.2) is 177 Å². The highest BCUT2D eigenvalue weighted by molar-refractivity contribution is 6.29. The van der Waals surface area contributed by atoms with Crippen LogP contribution in [0, 0.1) is 0 Å². The lowest BCUT2D eigenvalue weighted by molar-refractivity contribution is 0.0657. The number of carbonyl (C=O) groups excluding carboxylic acids is 2. The van der Waals surface area contributed by atoms with Gasteiger partial charge in [-0.2, -0.15) is 0 Å². The molecule has 0 bridgehead atoms. The van der Waals surface area contributed by atoms with Crippen LogP contribution in [0.4, 0.5) is 17.5 Å². The predicted octanol–water partition coefficient (Wildman–Crippen LogP) is 10.1. The molecule has 5 aromatic heterocycles. The number of hydrogen-bond acceptors (Lipinski definition) is 15. The Labute approximate surface area is 482 Å². The van der Waals surface area contributed by atoms with Gasteiger partial charge in [-0.1, -0.05) is 103 Å². The molecule has 2 fully saturated rings. The number of piperazine rings is 2. The summed E-state index contributed by atoms with van der Waals surface area (Å²) < 4.78 is 3.77. The van der Waals surface area contributed by atoms with Crippen molar-refractivity contribution in [1.82, 2.24) is 68.6 Å². The number of nitrogens with one attached hydrogen (secondary N) is 3. The maximum Gasteiger partial charge on any atom is 0.254 e. The van der Waals surface area contributed by atoms with Crippen molar-refractivity contribution in [3.8, 4) is 11.6 Å². The molecular formula is C62H66ClN17O2. The molecule has 82 heavy (non-hydrogen) atoms. The molecule has 418 valence electrons. The van der Waals surface area contributed by atoms with Gasteiger partial charge in [0.2, 0.25) is 0 Å². The van der Waals surface area contributed by atoms with E-state index in [2.05, 4.69) is 127 Å². The van der Waals surface area contributed by atoms with E-state index in [9.17, 15) is 9.59 Å². The summed E-state index contributed by atoms with van der Waals surface area (Å²) in [5, 5.41) is 10.5. The fraction of sp³-hybridized carbons (Fsp3) is 0.258. The molecule has 20 heteroatoms. The standard InChI is InChI=1S/2C25H27N7O.C12H12ClN3/c1-18(19-6-4-3-5-7-19)28-23-15-26-16-24(29-23)32-17-27-21-14-20(8-9-22(21)32)25(33)31-12-10-30(2)11-13-31;1-18(19-6-4-3-5-7-19)28-23-15-26-16-24(29-23)32-17-27-21-9-8-20(14-22(21)32)25(33)31-12-10-30(2)11-13-31;1-9(10-5-3-2-4-6-10)15-12-8-14-7-11(13)16-12/h2*3-9,14-18H,10-13H2,1-2H3,(H,28,29);2-9H,1H3,(H,15,16)/t2*18-;9-/m000/s1. The van der Waals surface area contributed by atoms with Crippen molar-refractivity contribution in [2.75, 3.05) is 82.4 Å². The van der Waals surface area contributed by atoms with Crippen LogP contribution < -0.4 is 16.0 Å². The number of anilines is 3. The van der Waals surface area contributed by atoms with E-state index in [1.807, 2.05) is 110 Å². The van der Waals surface area contributed by atoms with E-state index in [1.54, 1.807) is 43.6 Å². The van der Waals surface area contributed by atoms with Crippen molar-refractivity contribution in [3.05, 3.63) is 210 Å². The molecule has 0 radical (unpaired) electrons. The molecule has 2 amide bonds. The summed E-state index contributed by atoms with van der Waals surface area (Å²) in [6, 6.07) is 42.2. The van der Waals surface area contributed by atoms with Gasteiger partial charge in [0.15, 0.2) is 11.6 Å². The van der Waals surface area contributed by atoms with Gasteiger partial charge in [0.25, 0.3) is 11.8 Å². The number of aromatic nitrogens is 10. The molecule has 12 rings (SSSR count). The number of nitrogens with zero attached hydrogens (tertiary/aromatic N) is 14. The number of rotatable bonds is 13. The molecule has 3 atom stereocenters. The van der Waals surface area contributed by atoms with Gasteiger partial charge >= 0.3 is 0 Å². The molecule has 2 aliphatic heterocycles. The number of amides is 2. The van der Waals surface area contributed by atoms with Crippen molar-refractivity contribution in [3.63, 3.8) is 0 Å². The third-order valence-corrected chi connectivity index (χ3v) is 14.7. The van der Waals surface area contributed by atoms with Gasteiger partial charge in [0.1, 0.15) is 35.3 Å². The lowest BCUT2D eigenvalue weighted by Gasteiger charge is -2.32. The maximum absolute atomic E-state index is 13.1. The smallest absolute Gasteiger partial charge is 0.254 e. The molecule has 3 N–H and O–H groups in total. The fourth-order valence-corrected chi connectivity index (χ4v) is 9.82. The Balaban J connectivity index is 0.000000146. The van der Waals surface area contributed by atoms with E-state index in [1.165, 1.54) is 22.9 Å². The molecule has 0 aliphatic carbocycles. The van der Waals surface area contributed by atoms with E-state index in [0.29, 0.717) is 45.4 Å². The zero-order valence-corrected chi connectivity index (χ0v) is 47.3. The number of likely N-dealkylation sites (N-methyl/N-ethyl adjacent to an activating group) is 2. The first kappa shape index (κ1) is 56.1. The summed E-state index contributed by atoms with van der Waals surface area (Å²) in [6.07, 6.45) is 13.5. The van der Waals surface area contributed by atoms with Gasteiger partial charge in [0.05, 0.1) is 59.2 Å². The zero-order valence-electron chi connectivity index (χ0n) is 46.6. The largest absolute Gasteiger partial charge is 0.362 e. The molecule has 0 unspecified atom stereocenters. The van der Waals surface area contributed by atoms with Crippen molar-refractivity contribution in [2.45, 2.75) is 38.9 Å². The minimum atomic E-state index is 0.0518. The third-order valence-electron chi connectivity index (χ3n) is 14.5. The zero-order chi connectivity index (χ0) is 57.0. The van der Waals surface area contributed by atoms with E-state index in [4.69, 9.17) is 21.6 Å². The van der Waals surface area contributed by atoms with Gasteiger partial charge in [-0.3, -0.25) is 33.7 Å². The molecule has 7 heterocycles. The minimum Gasteiger partial charge on any atom is -0.362 e. The molecule has 5 aromatic carbocycles. The Hall–Kier alpha value is -9.17. The van der Waals surface area contributed by atoms with Crippen molar-refractivity contribution in [1.29, 1.82) is 0 Å². The van der Waals surface area contributed by atoms with Crippen molar-refractivity contribution >= 4 is 62.9 Å². The lowest BCUT2D eigenvalue weighted by Crippen LogP contribution is -2.47.